The van der Waals surface area contributed by atoms with Crippen molar-refractivity contribution in [3.05, 3.63) is 94.0 Å². The van der Waals surface area contributed by atoms with Crippen LogP contribution in [0.2, 0.25) is 39.3 Å². The third kappa shape index (κ3) is 7.68. The van der Waals surface area contributed by atoms with Gasteiger partial charge in [-0.2, -0.15) is 0 Å². The maximum Gasteiger partial charge on any atom is 0.192 e. The van der Waals surface area contributed by atoms with Crippen molar-refractivity contribution in [2.45, 2.75) is 67.0 Å². The van der Waals surface area contributed by atoms with Gasteiger partial charge in [-0.1, -0.05) is 60.7 Å². The van der Waals surface area contributed by atoms with Crippen molar-refractivity contribution in [1.82, 2.24) is 0 Å². The van der Waals surface area contributed by atoms with E-state index in [9.17, 15) is 0 Å². The quantitative estimate of drug-likeness (QED) is 0.208. The van der Waals surface area contributed by atoms with Crippen LogP contribution in [0.15, 0.2) is 60.7 Å². The molecule has 0 unspecified atom stereocenters. The van der Waals surface area contributed by atoms with Crippen LogP contribution in [0.5, 0.6) is 0 Å². The van der Waals surface area contributed by atoms with Gasteiger partial charge < -0.3 is 8.85 Å². The van der Waals surface area contributed by atoms with Gasteiger partial charge in [0.25, 0.3) is 0 Å². The second-order valence-electron chi connectivity index (χ2n) is 11.2. The van der Waals surface area contributed by atoms with Gasteiger partial charge in [0, 0.05) is 21.7 Å². The molecule has 0 amide bonds. The molecule has 0 fully saturated rings. The first-order valence-corrected chi connectivity index (χ1v) is 21.1. The van der Waals surface area contributed by atoms with E-state index in [4.69, 9.17) is 8.85 Å². The van der Waals surface area contributed by atoms with Crippen LogP contribution in [0.1, 0.15) is 33.4 Å². The lowest BCUT2D eigenvalue weighted by atomic mass is 10.0. The van der Waals surface area contributed by atoms with Crippen LogP contribution in [0.4, 0.5) is 0 Å². The standard InChI is InChI=1S/C30H40O2P2Si2/c1-21-22(2)28(34-30(32-36(8,9)10)26-19-15-12-16-20-26)24(4)23(3)27(21)33-29(31-35(5,6)7)25-17-13-11-14-18-25/h11-20H,1-10H3. The first-order valence-electron chi connectivity index (χ1n) is 12.5. The Morgan fingerprint density at radius 3 is 1.03 bits per heavy atom. The zero-order valence-electron chi connectivity index (χ0n) is 23.5. The molecule has 3 aromatic carbocycles. The van der Waals surface area contributed by atoms with E-state index in [2.05, 4.69) is 128 Å². The van der Waals surface area contributed by atoms with Gasteiger partial charge in [0.15, 0.2) is 16.6 Å². The summed E-state index contributed by atoms with van der Waals surface area (Å²) in [6.45, 7) is 22.6. The van der Waals surface area contributed by atoms with Crippen molar-refractivity contribution in [2.75, 3.05) is 0 Å². The van der Waals surface area contributed by atoms with E-state index in [-0.39, 0.29) is 0 Å². The highest BCUT2D eigenvalue weighted by molar-refractivity contribution is 7.50. The summed E-state index contributed by atoms with van der Waals surface area (Å²) in [4.78, 5) is 0. The van der Waals surface area contributed by atoms with Crippen LogP contribution in [-0.4, -0.2) is 27.6 Å². The van der Waals surface area contributed by atoms with Gasteiger partial charge >= 0.3 is 0 Å². The van der Waals surface area contributed by atoms with Gasteiger partial charge in [-0.15, -0.1) is 0 Å². The number of hydrogen-bond donors (Lipinski definition) is 0. The monoisotopic (exact) mass is 550 g/mol. The number of hydrogen-bond acceptors (Lipinski definition) is 2. The van der Waals surface area contributed by atoms with Crippen LogP contribution in [0.25, 0.3) is 0 Å². The predicted molar refractivity (Wildman–Crippen MR) is 168 cm³/mol. The molecule has 36 heavy (non-hydrogen) atoms. The Morgan fingerprint density at radius 2 is 0.778 bits per heavy atom. The maximum absolute atomic E-state index is 6.65. The summed E-state index contributed by atoms with van der Waals surface area (Å²) >= 11 is 0. The first-order chi connectivity index (χ1) is 16.8. The van der Waals surface area contributed by atoms with Gasteiger partial charge in [0.2, 0.25) is 0 Å². The minimum Gasteiger partial charge on any atom is -0.382 e. The van der Waals surface area contributed by atoms with Gasteiger partial charge in [-0.3, -0.25) is 0 Å². The third-order valence-electron chi connectivity index (χ3n) is 5.82. The fourth-order valence-corrected chi connectivity index (χ4v) is 9.55. The van der Waals surface area contributed by atoms with Crippen molar-refractivity contribution in [2.24, 2.45) is 0 Å². The molecule has 0 aliphatic heterocycles. The molecule has 0 saturated heterocycles. The smallest absolute Gasteiger partial charge is 0.192 e. The van der Waals surface area contributed by atoms with Crippen LogP contribution >= 0.6 is 16.4 Å². The molecule has 190 valence electrons. The summed E-state index contributed by atoms with van der Waals surface area (Å²) in [5.74, 6) is 0. The molecule has 0 aliphatic carbocycles. The fraction of sp³-hybridized carbons (Fsp3) is 0.333. The molecule has 0 saturated carbocycles. The SMILES string of the molecule is Cc1c(C)c(P=C(O[Si](C)(C)C)c2ccccc2)c(C)c(C)c1P=C(O[Si](C)(C)C)c1ccccc1. The zero-order valence-corrected chi connectivity index (χ0v) is 27.3. The molecule has 2 nitrogen and oxygen atoms in total. The number of benzene rings is 3. The van der Waals surface area contributed by atoms with E-state index in [1.807, 2.05) is 0 Å². The molecule has 0 bridgehead atoms. The van der Waals surface area contributed by atoms with E-state index in [0.29, 0.717) is 0 Å². The Hall–Kier alpha value is -1.65. The molecule has 0 heterocycles. The molecule has 0 spiro atoms. The Balaban J connectivity index is 2.21. The van der Waals surface area contributed by atoms with Crippen molar-refractivity contribution < 1.29 is 8.85 Å². The molecule has 3 aromatic rings. The van der Waals surface area contributed by atoms with Gasteiger partial charge in [-0.05, 0) is 106 Å². The first kappa shape index (κ1) is 28.9. The maximum atomic E-state index is 6.65. The topological polar surface area (TPSA) is 18.5 Å². The molecular weight excluding hydrogens is 510 g/mol. The largest absolute Gasteiger partial charge is 0.382 e. The second-order valence-corrected chi connectivity index (χ2v) is 22.2. The zero-order chi connectivity index (χ0) is 26.7. The van der Waals surface area contributed by atoms with Crippen LogP contribution in [-0.2, 0) is 8.85 Å². The molecule has 0 aliphatic rings. The van der Waals surface area contributed by atoms with Crippen LogP contribution in [0, 0.1) is 27.7 Å². The third-order valence-corrected chi connectivity index (χ3v) is 10.7. The van der Waals surface area contributed by atoms with E-state index < -0.39 is 16.6 Å². The van der Waals surface area contributed by atoms with Gasteiger partial charge in [-0.25, -0.2) is 0 Å². The molecule has 0 N–H and O–H groups in total. The molecule has 0 radical (unpaired) electrons. The second kappa shape index (κ2) is 11.8. The van der Waals surface area contributed by atoms with Crippen LogP contribution < -0.4 is 10.6 Å². The van der Waals surface area contributed by atoms with Crippen molar-refractivity contribution in [3.8, 4) is 0 Å². The molecule has 6 heteroatoms. The van der Waals surface area contributed by atoms with Gasteiger partial charge in [0.1, 0.15) is 0 Å². The summed E-state index contributed by atoms with van der Waals surface area (Å²) in [6.07, 6.45) is 0. The summed E-state index contributed by atoms with van der Waals surface area (Å²) in [6, 6.07) is 21.1. The molecule has 3 rings (SSSR count). The normalized spacial score (nSPS) is 13.3. The Labute approximate surface area is 224 Å². The van der Waals surface area contributed by atoms with Crippen molar-refractivity contribution in [1.29, 1.82) is 0 Å². The van der Waals surface area contributed by atoms with Crippen molar-refractivity contribution >= 4 is 54.6 Å². The minimum absolute atomic E-state index is 1.06. The van der Waals surface area contributed by atoms with E-state index in [1.165, 1.54) is 44.0 Å². The highest BCUT2D eigenvalue weighted by Crippen LogP contribution is 2.26. The lowest BCUT2D eigenvalue weighted by molar-refractivity contribution is 0.567. The lowest BCUT2D eigenvalue weighted by Crippen LogP contribution is -2.30. The number of rotatable bonds is 8. The predicted octanol–water partition coefficient (Wildman–Crippen LogP) is 8.12. The summed E-state index contributed by atoms with van der Waals surface area (Å²) < 4.78 is 13.3. The Morgan fingerprint density at radius 1 is 0.500 bits per heavy atom. The summed E-state index contributed by atoms with van der Waals surface area (Å²) in [5.41, 5.74) is 9.82. The van der Waals surface area contributed by atoms with E-state index in [0.717, 1.165) is 27.4 Å². The highest BCUT2D eigenvalue weighted by atomic mass is 31.1. The van der Waals surface area contributed by atoms with E-state index in [1.54, 1.807) is 0 Å². The fourth-order valence-electron chi connectivity index (χ4n) is 3.85. The average molecular weight is 551 g/mol. The molecular formula is C30H40O2P2Si2. The Kier molecular flexibility index (Phi) is 9.49. The summed E-state index contributed by atoms with van der Waals surface area (Å²) in [5, 5.41) is 2.71. The minimum atomic E-state index is -1.77. The summed E-state index contributed by atoms with van der Waals surface area (Å²) in [7, 11) is -1.28. The average Bonchev–Trinajstić information content (AvgIpc) is 2.81. The van der Waals surface area contributed by atoms with Gasteiger partial charge in [0.05, 0.1) is 11.0 Å². The van der Waals surface area contributed by atoms with Crippen LogP contribution in [0.3, 0.4) is 0 Å². The molecule has 0 atom stereocenters. The van der Waals surface area contributed by atoms with E-state index >= 15 is 0 Å². The Bertz CT molecular complexity index is 1140. The van der Waals surface area contributed by atoms with Crippen molar-refractivity contribution in [3.63, 3.8) is 0 Å². The lowest BCUT2D eigenvalue weighted by Gasteiger charge is -2.23. The highest BCUT2D eigenvalue weighted by Gasteiger charge is 2.22. The molecule has 0 aromatic heterocycles.